The maximum atomic E-state index is 10.0. The van der Waals surface area contributed by atoms with Crippen molar-refractivity contribution in [1.82, 2.24) is 4.98 Å². The van der Waals surface area contributed by atoms with Crippen LogP contribution in [0.15, 0.2) is 120 Å². The molecule has 0 atom stereocenters. The van der Waals surface area contributed by atoms with Crippen molar-refractivity contribution >= 4 is 49.1 Å². The third-order valence-corrected chi connectivity index (χ3v) is 8.09. The normalized spacial score (nSPS) is 11.3. The number of ketones is 1. The Labute approximate surface area is 267 Å². The summed E-state index contributed by atoms with van der Waals surface area (Å²) in [7, 11) is 0. The number of carbonyl (C=O) groups is 1. The number of rotatable bonds is 4. The van der Waals surface area contributed by atoms with Crippen molar-refractivity contribution in [2.45, 2.75) is 20.8 Å². The Kier molecular flexibility index (Phi) is 9.02. The van der Waals surface area contributed by atoms with Crippen LogP contribution in [-0.2, 0) is 24.9 Å². The van der Waals surface area contributed by atoms with Gasteiger partial charge in [0.15, 0.2) is 5.78 Å². The first-order valence-corrected chi connectivity index (χ1v) is 14.5. The molecule has 215 valence electrons. The summed E-state index contributed by atoms with van der Waals surface area (Å²) in [5, 5.41) is 11.8. The van der Waals surface area contributed by atoms with Crippen LogP contribution < -0.4 is 0 Å². The molecule has 4 aromatic carbocycles. The first-order chi connectivity index (χ1) is 20.4. The largest absolute Gasteiger partial charge is 0.512 e. The number of hydrogen-bond donors (Lipinski definition) is 1. The van der Waals surface area contributed by atoms with Crippen molar-refractivity contribution in [3.63, 3.8) is 0 Å². The van der Waals surface area contributed by atoms with Gasteiger partial charge in [0.05, 0.1) is 11.3 Å². The molecule has 7 rings (SSSR count). The number of nitrogens with zero attached hydrogens (tertiary/aromatic N) is 1. The first-order valence-electron chi connectivity index (χ1n) is 13.6. The Bertz CT molecular complexity index is 2090. The van der Waals surface area contributed by atoms with Gasteiger partial charge in [0, 0.05) is 58.6 Å². The van der Waals surface area contributed by atoms with E-state index in [9.17, 15) is 4.79 Å². The van der Waals surface area contributed by atoms with Crippen LogP contribution in [0.1, 0.15) is 19.4 Å². The monoisotopic (exact) mass is 759 g/mol. The number of carbonyl (C=O) groups excluding carboxylic acids is 1. The molecule has 6 heteroatoms. The van der Waals surface area contributed by atoms with Crippen LogP contribution in [-0.4, -0.2) is 15.9 Å². The second-order valence-corrected chi connectivity index (χ2v) is 11.2. The van der Waals surface area contributed by atoms with Gasteiger partial charge in [0.25, 0.3) is 0 Å². The van der Waals surface area contributed by atoms with Gasteiger partial charge in [-0.2, -0.15) is 0 Å². The zero-order valence-corrected chi connectivity index (χ0v) is 27.1. The molecule has 0 aliphatic carbocycles. The van der Waals surface area contributed by atoms with E-state index >= 15 is 0 Å². The van der Waals surface area contributed by atoms with Crippen LogP contribution in [0, 0.1) is 13.0 Å². The van der Waals surface area contributed by atoms with E-state index < -0.39 is 0 Å². The molecule has 43 heavy (non-hydrogen) atoms. The number of pyridine rings is 1. The number of aryl methyl sites for hydroxylation is 1. The Morgan fingerprint density at radius 3 is 2.16 bits per heavy atom. The van der Waals surface area contributed by atoms with Crippen molar-refractivity contribution in [2.75, 3.05) is 0 Å². The minimum Gasteiger partial charge on any atom is -0.512 e. The summed E-state index contributed by atoms with van der Waals surface area (Å²) < 4.78 is 7.53. The van der Waals surface area contributed by atoms with Gasteiger partial charge in [-0.05, 0) is 42.5 Å². The molecular formula is C37H28IrNO3S-. The Balaban J connectivity index is 0.000000415. The summed E-state index contributed by atoms with van der Waals surface area (Å²) in [5.41, 5.74) is 8.14. The van der Waals surface area contributed by atoms with Crippen LogP contribution in [0.4, 0.5) is 0 Å². The summed E-state index contributed by atoms with van der Waals surface area (Å²) in [6.45, 7) is 4.94. The molecule has 0 fully saturated rings. The smallest absolute Gasteiger partial charge is 0.155 e. The van der Waals surface area contributed by atoms with Crippen molar-refractivity contribution in [1.29, 1.82) is 0 Å². The summed E-state index contributed by atoms with van der Waals surface area (Å²) in [6, 6.07) is 37.3. The quantitative estimate of drug-likeness (QED) is 0.110. The second-order valence-electron chi connectivity index (χ2n) is 10.2. The molecule has 3 aromatic heterocycles. The number of para-hydroxylation sites is 1. The second kappa shape index (κ2) is 12.9. The number of hydrogen-bond acceptors (Lipinski definition) is 5. The molecule has 0 amide bonds. The molecule has 4 nitrogen and oxygen atoms in total. The number of aliphatic hydroxyl groups is 1. The van der Waals surface area contributed by atoms with E-state index in [1.165, 1.54) is 35.8 Å². The summed E-state index contributed by atoms with van der Waals surface area (Å²) in [5.74, 6) is -0.0625. The molecule has 0 bridgehead atoms. The fourth-order valence-corrected chi connectivity index (χ4v) is 6.34. The molecule has 0 aliphatic rings. The van der Waals surface area contributed by atoms with E-state index in [0.717, 1.165) is 54.6 Å². The SMILES string of the molecule is CC(=O)/C=C(/C)O.Cc1[c-]c(-c2ncc(-c3ccccc3)c3cc(-c4ccccc4)sc23)c2oc3ccccc3c2c1.[Ir]. The van der Waals surface area contributed by atoms with Gasteiger partial charge in [-0.3, -0.25) is 4.79 Å². The molecule has 0 unspecified atom stereocenters. The molecule has 1 radical (unpaired) electrons. The van der Waals surface area contributed by atoms with E-state index in [1.807, 2.05) is 24.4 Å². The molecule has 3 heterocycles. The zero-order valence-electron chi connectivity index (χ0n) is 23.8. The first kappa shape index (κ1) is 30.1. The van der Waals surface area contributed by atoms with E-state index in [-0.39, 0.29) is 31.6 Å². The van der Waals surface area contributed by atoms with Gasteiger partial charge < -0.3 is 14.5 Å². The topological polar surface area (TPSA) is 63.3 Å². The Morgan fingerprint density at radius 2 is 1.51 bits per heavy atom. The van der Waals surface area contributed by atoms with Gasteiger partial charge in [0.2, 0.25) is 0 Å². The molecule has 7 aromatic rings. The van der Waals surface area contributed by atoms with Crippen molar-refractivity contribution in [3.05, 3.63) is 127 Å². The van der Waals surface area contributed by atoms with E-state index in [4.69, 9.17) is 14.5 Å². The number of allylic oxidation sites excluding steroid dienone is 2. The summed E-state index contributed by atoms with van der Waals surface area (Å²) in [6.07, 6.45) is 3.17. The molecule has 1 N–H and O–H groups in total. The van der Waals surface area contributed by atoms with Crippen LogP contribution in [0.3, 0.4) is 0 Å². The van der Waals surface area contributed by atoms with Gasteiger partial charge >= 0.3 is 0 Å². The van der Waals surface area contributed by atoms with Crippen LogP contribution in [0.2, 0.25) is 0 Å². The van der Waals surface area contributed by atoms with Gasteiger partial charge in [0.1, 0.15) is 5.58 Å². The summed E-state index contributed by atoms with van der Waals surface area (Å²) >= 11 is 1.78. The van der Waals surface area contributed by atoms with E-state index in [2.05, 4.69) is 91.9 Å². The van der Waals surface area contributed by atoms with Crippen molar-refractivity contribution in [2.24, 2.45) is 0 Å². The third kappa shape index (κ3) is 6.23. The minimum atomic E-state index is -0.125. The van der Waals surface area contributed by atoms with E-state index in [0.29, 0.717) is 0 Å². The fourth-order valence-electron chi connectivity index (χ4n) is 5.16. The molecule has 0 spiro atoms. The van der Waals surface area contributed by atoms with Crippen LogP contribution >= 0.6 is 11.3 Å². The average molecular weight is 759 g/mol. The number of thiophene rings is 1. The van der Waals surface area contributed by atoms with Crippen LogP contribution in [0.5, 0.6) is 0 Å². The third-order valence-electron chi connectivity index (χ3n) is 6.90. The standard InChI is InChI=1S/C32H20NOS.C5H8O2.Ir/c1-20-16-24-23-14-8-9-15-28(23)34-31(24)26(17-20)30-32-25(18-29(35-32)22-12-6-3-7-13-22)27(19-33-30)21-10-4-2-5-11-21;1-4(6)3-5(2)7;/h2-16,18-19H,1H3;3,6H,1-2H3;/q-1;;/b;4-3-;. The van der Waals surface area contributed by atoms with E-state index in [1.54, 1.807) is 11.3 Å². The average Bonchev–Trinajstić information content (AvgIpc) is 3.60. The number of fused-ring (bicyclic) bond motifs is 4. The number of furan rings is 1. The van der Waals surface area contributed by atoms with Gasteiger partial charge in [-0.25, -0.2) is 0 Å². The van der Waals surface area contributed by atoms with Gasteiger partial charge in [-0.1, -0.05) is 96.7 Å². The maximum absolute atomic E-state index is 10.0. The molecule has 0 saturated carbocycles. The van der Waals surface area contributed by atoms with Crippen LogP contribution in [0.25, 0.3) is 64.8 Å². The maximum Gasteiger partial charge on any atom is 0.155 e. The van der Waals surface area contributed by atoms with Gasteiger partial charge in [-0.15, -0.1) is 29.0 Å². The minimum absolute atomic E-state index is 0. The zero-order chi connectivity index (χ0) is 29.2. The fraction of sp³-hybridized carbons (Fsp3) is 0.0811. The number of benzene rings is 4. The summed E-state index contributed by atoms with van der Waals surface area (Å²) in [4.78, 5) is 16.3. The predicted octanol–water partition coefficient (Wildman–Crippen LogP) is 10.3. The Morgan fingerprint density at radius 1 is 0.860 bits per heavy atom. The molecule has 0 aliphatic heterocycles. The number of aromatic nitrogens is 1. The number of aliphatic hydroxyl groups excluding tert-OH is 1. The predicted molar refractivity (Wildman–Crippen MR) is 174 cm³/mol. The molecular weight excluding hydrogens is 731 g/mol. The Hall–Kier alpha value is -4.35. The van der Waals surface area contributed by atoms with Crippen molar-refractivity contribution < 1.29 is 34.4 Å². The van der Waals surface area contributed by atoms with Crippen molar-refractivity contribution in [3.8, 4) is 32.8 Å². The molecule has 0 saturated heterocycles.